The van der Waals surface area contributed by atoms with E-state index in [0.29, 0.717) is 5.41 Å². The molecule has 0 amide bonds. The van der Waals surface area contributed by atoms with Crippen LogP contribution in [0.2, 0.25) is 0 Å². The SMILES string of the molecule is Cc1ccc(N2CC3(CC3)CNC(C)(C)C2)cc1C. The summed E-state index contributed by atoms with van der Waals surface area (Å²) in [6.45, 7) is 12.5. The third-order valence-electron chi connectivity index (χ3n) is 4.87. The second-order valence-electron chi connectivity index (χ2n) is 7.36. The van der Waals surface area contributed by atoms with E-state index in [-0.39, 0.29) is 5.54 Å². The van der Waals surface area contributed by atoms with Crippen LogP contribution in [0.4, 0.5) is 5.69 Å². The lowest BCUT2D eigenvalue weighted by molar-refractivity contribution is 0.389. The number of benzene rings is 1. The molecule has 1 N–H and O–H groups in total. The summed E-state index contributed by atoms with van der Waals surface area (Å²) in [7, 11) is 0. The van der Waals surface area contributed by atoms with Crippen molar-refractivity contribution in [1.29, 1.82) is 0 Å². The molecule has 1 aromatic rings. The summed E-state index contributed by atoms with van der Waals surface area (Å²) in [6, 6.07) is 6.90. The number of anilines is 1. The standard InChI is InChI=1S/C17H26N2/c1-13-5-6-15(9-14(13)2)19-11-16(3,4)18-10-17(12-19)7-8-17/h5-6,9,18H,7-8,10-12H2,1-4H3. The van der Waals surface area contributed by atoms with E-state index in [1.165, 1.54) is 42.7 Å². The number of rotatable bonds is 1. The molecule has 0 bridgehead atoms. The Balaban J connectivity index is 1.90. The molecule has 3 rings (SSSR count). The fraction of sp³-hybridized carbons (Fsp3) is 0.647. The van der Waals surface area contributed by atoms with E-state index in [0.717, 1.165) is 6.54 Å². The van der Waals surface area contributed by atoms with Crippen molar-refractivity contribution in [1.82, 2.24) is 5.32 Å². The number of hydrogen-bond acceptors (Lipinski definition) is 2. The molecule has 0 unspecified atom stereocenters. The quantitative estimate of drug-likeness (QED) is 0.831. The summed E-state index contributed by atoms with van der Waals surface area (Å²) in [6.07, 6.45) is 2.77. The zero-order chi connectivity index (χ0) is 13.7. The van der Waals surface area contributed by atoms with Gasteiger partial charge in [-0.15, -0.1) is 0 Å². The molecule has 2 heteroatoms. The molecule has 1 saturated heterocycles. The molecule has 0 aromatic heterocycles. The fourth-order valence-corrected chi connectivity index (χ4v) is 3.09. The van der Waals surface area contributed by atoms with E-state index < -0.39 is 0 Å². The molecule has 19 heavy (non-hydrogen) atoms. The molecule has 0 radical (unpaired) electrons. The lowest BCUT2D eigenvalue weighted by Gasteiger charge is -2.32. The minimum Gasteiger partial charge on any atom is -0.369 e. The topological polar surface area (TPSA) is 15.3 Å². The number of aryl methyl sites for hydroxylation is 2. The van der Waals surface area contributed by atoms with Gasteiger partial charge in [0.25, 0.3) is 0 Å². The van der Waals surface area contributed by atoms with Crippen LogP contribution >= 0.6 is 0 Å². The molecule has 1 saturated carbocycles. The van der Waals surface area contributed by atoms with Crippen molar-refractivity contribution in [3.05, 3.63) is 29.3 Å². The molecule has 1 aliphatic carbocycles. The van der Waals surface area contributed by atoms with Crippen molar-refractivity contribution in [3.63, 3.8) is 0 Å². The highest BCUT2D eigenvalue weighted by molar-refractivity contribution is 5.51. The van der Waals surface area contributed by atoms with Gasteiger partial charge in [0.1, 0.15) is 0 Å². The van der Waals surface area contributed by atoms with Gasteiger partial charge < -0.3 is 10.2 Å². The van der Waals surface area contributed by atoms with Crippen LogP contribution < -0.4 is 10.2 Å². The average molecular weight is 258 g/mol. The summed E-state index contributed by atoms with van der Waals surface area (Å²) in [4.78, 5) is 2.60. The molecular weight excluding hydrogens is 232 g/mol. The van der Waals surface area contributed by atoms with Crippen LogP contribution in [0.15, 0.2) is 18.2 Å². The Morgan fingerprint density at radius 2 is 1.79 bits per heavy atom. The van der Waals surface area contributed by atoms with Crippen LogP contribution in [-0.2, 0) is 0 Å². The predicted octanol–water partition coefficient (Wildman–Crippen LogP) is 3.27. The van der Waals surface area contributed by atoms with Gasteiger partial charge in [0.15, 0.2) is 0 Å². The first kappa shape index (κ1) is 13.0. The van der Waals surface area contributed by atoms with Crippen LogP contribution in [0.1, 0.15) is 37.8 Å². The van der Waals surface area contributed by atoms with Crippen molar-refractivity contribution < 1.29 is 0 Å². The molecule has 2 nitrogen and oxygen atoms in total. The first-order valence-corrected chi connectivity index (χ1v) is 7.47. The maximum absolute atomic E-state index is 3.76. The molecule has 1 aromatic carbocycles. The first-order valence-electron chi connectivity index (χ1n) is 7.47. The number of nitrogens with one attached hydrogen (secondary N) is 1. The number of nitrogens with zero attached hydrogens (tertiary/aromatic N) is 1. The molecule has 2 aliphatic rings. The summed E-state index contributed by atoms with van der Waals surface area (Å²) in [5.74, 6) is 0. The lowest BCUT2D eigenvalue weighted by atomic mass is 10.0. The normalized spacial score (nSPS) is 24.3. The Labute approximate surface area is 117 Å². The van der Waals surface area contributed by atoms with Gasteiger partial charge in [-0.25, -0.2) is 0 Å². The van der Waals surface area contributed by atoms with E-state index in [1.807, 2.05) is 0 Å². The van der Waals surface area contributed by atoms with E-state index in [2.05, 4.69) is 56.1 Å². The van der Waals surface area contributed by atoms with Crippen LogP contribution in [0.5, 0.6) is 0 Å². The van der Waals surface area contributed by atoms with E-state index in [1.54, 1.807) is 0 Å². The minimum absolute atomic E-state index is 0.199. The maximum Gasteiger partial charge on any atom is 0.0369 e. The fourth-order valence-electron chi connectivity index (χ4n) is 3.09. The highest BCUT2D eigenvalue weighted by Crippen LogP contribution is 2.47. The second kappa shape index (κ2) is 4.24. The van der Waals surface area contributed by atoms with Gasteiger partial charge in [-0.05, 0) is 63.8 Å². The van der Waals surface area contributed by atoms with Gasteiger partial charge >= 0.3 is 0 Å². The van der Waals surface area contributed by atoms with Crippen LogP contribution in [0, 0.1) is 19.3 Å². The third kappa shape index (κ3) is 2.64. The zero-order valence-electron chi connectivity index (χ0n) is 12.7. The summed E-state index contributed by atoms with van der Waals surface area (Å²) in [5.41, 5.74) is 4.93. The maximum atomic E-state index is 3.76. The highest BCUT2D eigenvalue weighted by atomic mass is 15.2. The van der Waals surface area contributed by atoms with Crippen LogP contribution in [0.25, 0.3) is 0 Å². The molecule has 104 valence electrons. The van der Waals surface area contributed by atoms with Gasteiger partial charge in [-0.1, -0.05) is 6.07 Å². The Bertz CT molecular complexity index is 478. The van der Waals surface area contributed by atoms with Crippen molar-refractivity contribution >= 4 is 5.69 Å². The van der Waals surface area contributed by atoms with Gasteiger partial charge in [0, 0.05) is 36.3 Å². The predicted molar refractivity (Wildman–Crippen MR) is 81.9 cm³/mol. The smallest absolute Gasteiger partial charge is 0.0369 e. The van der Waals surface area contributed by atoms with Gasteiger partial charge in [-0.3, -0.25) is 0 Å². The second-order valence-corrected chi connectivity index (χ2v) is 7.36. The van der Waals surface area contributed by atoms with Crippen molar-refractivity contribution in [3.8, 4) is 0 Å². The molecule has 0 atom stereocenters. The molecular formula is C17H26N2. The Kier molecular flexibility index (Phi) is 2.90. The molecule has 1 spiro atoms. The molecule has 2 fully saturated rings. The van der Waals surface area contributed by atoms with E-state index >= 15 is 0 Å². The first-order chi connectivity index (χ1) is 8.89. The zero-order valence-corrected chi connectivity index (χ0v) is 12.7. The summed E-state index contributed by atoms with van der Waals surface area (Å²) >= 11 is 0. The average Bonchev–Trinajstić information content (AvgIpc) is 3.11. The minimum atomic E-state index is 0.199. The Morgan fingerprint density at radius 3 is 2.42 bits per heavy atom. The third-order valence-corrected chi connectivity index (χ3v) is 4.87. The van der Waals surface area contributed by atoms with Gasteiger partial charge in [-0.2, -0.15) is 0 Å². The van der Waals surface area contributed by atoms with Crippen molar-refractivity contribution in [2.75, 3.05) is 24.5 Å². The molecule has 1 aliphatic heterocycles. The lowest BCUT2D eigenvalue weighted by Crippen LogP contribution is -2.46. The van der Waals surface area contributed by atoms with Gasteiger partial charge in [0.05, 0.1) is 0 Å². The van der Waals surface area contributed by atoms with Crippen LogP contribution in [0.3, 0.4) is 0 Å². The Hall–Kier alpha value is -1.02. The number of hydrogen-bond donors (Lipinski definition) is 1. The van der Waals surface area contributed by atoms with E-state index in [9.17, 15) is 0 Å². The summed E-state index contributed by atoms with van der Waals surface area (Å²) in [5, 5.41) is 3.76. The van der Waals surface area contributed by atoms with Crippen molar-refractivity contribution in [2.45, 2.75) is 46.1 Å². The van der Waals surface area contributed by atoms with E-state index in [4.69, 9.17) is 0 Å². The van der Waals surface area contributed by atoms with Gasteiger partial charge in [0.2, 0.25) is 0 Å². The Morgan fingerprint density at radius 1 is 1.05 bits per heavy atom. The monoisotopic (exact) mass is 258 g/mol. The van der Waals surface area contributed by atoms with Crippen LogP contribution in [-0.4, -0.2) is 25.2 Å². The largest absolute Gasteiger partial charge is 0.369 e. The highest BCUT2D eigenvalue weighted by Gasteiger charge is 2.47. The molecule has 1 heterocycles. The summed E-state index contributed by atoms with van der Waals surface area (Å²) < 4.78 is 0. The van der Waals surface area contributed by atoms with Crippen molar-refractivity contribution in [2.24, 2.45) is 5.41 Å².